The fourth-order valence-electron chi connectivity index (χ4n) is 2.94. The fourth-order valence-corrected chi connectivity index (χ4v) is 2.94. The zero-order valence-electron chi connectivity index (χ0n) is 13.3. The molecule has 5 nitrogen and oxygen atoms in total. The number of aromatic nitrogens is 3. The van der Waals surface area contributed by atoms with E-state index in [0.29, 0.717) is 19.0 Å². The van der Waals surface area contributed by atoms with Crippen molar-refractivity contribution in [1.29, 1.82) is 0 Å². The van der Waals surface area contributed by atoms with Gasteiger partial charge in [0.2, 0.25) is 0 Å². The summed E-state index contributed by atoms with van der Waals surface area (Å²) < 4.78 is 7.76. The summed E-state index contributed by atoms with van der Waals surface area (Å²) >= 11 is 0. The molecule has 1 aliphatic rings. The van der Waals surface area contributed by atoms with E-state index < -0.39 is 0 Å². The molecule has 0 radical (unpaired) electrons. The lowest BCUT2D eigenvalue weighted by Crippen LogP contribution is -2.13. The van der Waals surface area contributed by atoms with Crippen LogP contribution in [0.15, 0.2) is 24.3 Å². The number of rotatable bonds is 5. The minimum Gasteiger partial charge on any atom is -0.372 e. The van der Waals surface area contributed by atoms with Crippen molar-refractivity contribution in [2.75, 3.05) is 6.61 Å². The van der Waals surface area contributed by atoms with Gasteiger partial charge in [-0.3, -0.25) is 0 Å². The van der Waals surface area contributed by atoms with Crippen LogP contribution in [0.2, 0.25) is 0 Å². The number of nitrogens with zero attached hydrogens (tertiary/aromatic N) is 3. The van der Waals surface area contributed by atoms with E-state index in [1.165, 1.54) is 11.1 Å². The van der Waals surface area contributed by atoms with Crippen LogP contribution in [0.4, 0.5) is 0 Å². The highest BCUT2D eigenvalue weighted by molar-refractivity contribution is 5.25. The number of hydrogen-bond donors (Lipinski definition) is 1. The van der Waals surface area contributed by atoms with Crippen LogP contribution in [0.25, 0.3) is 0 Å². The average molecular weight is 300 g/mol. The molecule has 1 atom stereocenters. The summed E-state index contributed by atoms with van der Waals surface area (Å²) in [6.45, 7) is 6.33. The Bertz CT molecular complexity index is 612. The van der Waals surface area contributed by atoms with Gasteiger partial charge in [-0.15, -0.1) is 5.10 Å². The number of hydrogen-bond acceptors (Lipinski definition) is 4. The van der Waals surface area contributed by atoms with Crippen LogP contribution in [0.1, 0.15) is 61.2 Å². The molecule has 0 spiro atoms. The Hall–Kier alpha value is -1.72. The van der Waals surface area contributed by atoms with Crippen molar-refractivity contribution in [2.45, 2.75) is 51.8 Å². The summed E-state index contributed by atoms with van der Waals surface area (Å²) in [7, 11) is 0. The van der Waals surface area contributed by atoms with Gasteiger partial charge in [0.05, 0.1) is 12.2 Å². The first-order valence-corrected chi connectivity index (χ1v) is 8.01. The zero-order valence-corrected chi connectivity index (χ0v) is 13.3. The quantitative estimate of drug-likeness (QED) is 0.922. The maximum Gasteiger partial charge on any atom is 0.102 e. The van der Waals surface area contributed by atoms with Gasteiger partial charge >= 0.3 is 0 Å². The van der Waals surface area contributed by atoms with E-state index in [0.717, 1.165) is 30.8 Å². The van der Waals surface area contributed by atoms with Gasteiger partial charge in [-0.25, -0.2) is 4.68 Å². The van der Waals surface area contributed by atoms with Gasteiger partial charge in [-0.2, -0.15) is 0 Å². The summed E-state index contributed by atoms with van der Waals surface area (Å²) in [6, 6.07) is 8.70. The average Bonchev–Trinajstić information content (AvgIpc) is 3.16. The largest absolute Gasteiger partial charge is 0.372 e. The first-order valence-electron chi connectivity index (χ1n) is 8.01. The van der Waals surface area contributed by atoms with Crippen molar-refractivity contribution >= 4 is 0 Å². The molecule has 2 N–H and O–H groups in total. The Morgan fingerprint density at radius 3 is 2.68 bits per heavy atom. The molecule has 5 heteroatoms. The summed E-state index contributed by atoms with van der Waals surface area (Å²) in [4.78, 5) is 0. The Balaban J connectivity index is 1.84. The normalized spacial score (nSPS) is 18.3. The summed E-state index contributed by atoms with van der Waals surface area (Å²) in [6.07, 6.45) is 2.19. The van der Waals surface area contributed by atoms with Crippen LogP contribution < -0.4 is 5.73 Å². The molecule has 1 fully saturated rings. The van der Waals surface area contributed by atoms with Crippen molar-refractivity contribution < 1.29 is 4.74 Å². The van der Waals surface area contributed by atoms with Crippen molar-refractivity contribution in [3.05, 3.63) is 46.8 Å². The van der Waals surface area contributed by atoms with E-state index in [1.807, 2.05) is 4.68 Å². The predicted molar refractivity (Wildman–Crippen MR) is 85.5 cm³/mol. The molecule has 1 aromatic carbocycles. The van der Waals surface area contributed by atoms with E-state index in [2.05, 4.69) is 48.4 Å². The summed E-state index contributed by atoms with van der Waals surface area (Å²) in [5, 5.41) is 8.52. The van der Waals surface area contributed by atoms with Gasteiger partial charge in [0, 0.05) is 13.2 Å². The van der Waals surface area contributed by atoms with Crippen LogP contribution in [0.3, 0.4) is 0 Å². The maximum absolute atomic E-state index is 5.81. The fraction of sp³-hybridized carbons (Fsp3) is 0.529. The standard InChI is InChI=1S/C17H24N4O/c1-12(2)14-7-5-13(6-8-14)11-21-17(15(10-18)19-20-21)16-4-3-9-22-16/h5-8,12,16H,3-4,9-11,18H2,1-2H3. The molecule has 0 aliphatic carbocycles. The van der Waals surface area contributed by atoms with Gasteiger partial charge < -0.3 is 10.5 Å². The third-order valence-electron chi connectivity index (χ3n) is 4.25. The molecule has 1 unspecified atom stereocenters. The Labute approximate surface area is 131 Å². The van der Waals surface area contributed by atoms with Crippen LogP contribution >= 0.6 is 0 Å². The van der Waals surface area contributed by atoms with E-state index in [1.54, 1.807) is 0 Å². The zero-order chi connectivity index (χ0) is 15.5. The molecular weight excluding hydrogens is 276 g/mol. The van der Waals surface area contributed by atoms with Crippen molar-refractivity contribution in [3.63, 3.8) is 0 Å². The molecule has 0 bridgehead atoms. The molecule has 3 rings (SSSR count). The smallest absolute Gasteiger partial charge is 0.102 e. The molecule has 2 heterocycles. The predicted octanol–water partition coefficient (Wildman–Crippen LogP) is 2.76. The first kappa shape index (κ1) is 15.2. The minimum absolute atomic E-state index is 0.0866. The van der Waals surface area contributed by atoms with Crippen molar-refractivity contribution in [3.8, 4) is 0 Å². The number of benzene rings is 1. The van der Waals surface area contributed by atoms with E-state index >= 15 is 0 Å². The van der Waals surface area contributed by atoms with Gasteiger partial charge in [-0.1, -0.05) is 43.3 Å². The molecule has 1 aromatic heterocycles. The lowest BCUT2D eigenvalue weighted by atomic mass is 10.0. The SMILES string of the molecule is CC(C)c1ccc(Cn2nnc(CN)c2C2CCCO2)cc1. The number of nitrogens with two attached hydrogens (primary N) is 1. The van der Waals surface area contributed by atoms with Crippen LogP contribution in [-0.4, -0.2) is 21.6 Å². The van der Waals surface area contributed by atoms with Gasteiger partial charge in [0.1, 0.15) is 11.8 Å². The summed E-state index contributed by atoms with van der Waals surface area (Å²) in [5.74, 6) is 0.548. The van der Waals surface area contributed by atoms with E-state index in [-0.39, 0.29) is 6.10 Å². The van der Waals surface area contributed by atoms with E-state index in [9.17, 15) is 0 Å². The second-order valence-corrected chi connectivity index (χ2v) is 6.18. The Morgan fingerprint density at radius 1 is 1.32 bits per heavy atom. The topological polar surface area (TPSA) is 66.0 Å². The number of ether oxygens (including phenoxy) is 1. The molecule has 1 saturated heterocycles. The molecule has 0 saturated carbocycles. The van der Waals surface area contributed by atoms with Crippen LogP contribution in [0.5, 0.6) is 0 Å². The highest BCUT2D eigenvalue weighted by atomic mass is 16.5. The maximum atomic E-state index is 5.81. The Morgan fingerprint density at radius 2 is 2.09 bits per heavy atom. The lowest BCUT2D eigenvalue weighted by molar-refractivity contribution is 0.104. The first-order chi connectivity index (χ1) is 10.7. The lowest BCUT2D eigenvalue weighted by Gasteiger charge is -2.14. The van der Waals surface area contributed by atoms with Gasteiger partial charge in [0.15, 0.2) is 0 Å². The monoisotopic (exact) mass is 300 g/mol. The molecule has 22 heavy (non-hydrogen) atoms. The second-order valence-electron chi connectivity index (χ2n) is 6.18. The van der Waals surface area contributed by atoms with Crippen molar-refractivity contribution in [1.82, 2.24) is 15.0 Å². The second kappa shape index (κ2) is 6.58. The minimum atomic E-state index is 0.0866. The molecule has 118 valence electrons. The third kappa shape index (κ3) is 3.05. The molecule has 0 amide bonds. The summed E-state index contributed by atoms with van der Waals surface area (Å²) in [5.41, 5.74) is 10.3. The van der Waals surface area contributed by atoms with Crippen LogP contribution in [-0.2, 0) is 17.8 Å². The Kier molecular flexibility index (Phi) is 4.55. The van der Waals surface area contributed by atoms with Gasteiger partial charge in [0.25, 0.3) is 0 Å². The molecule has 1 aliphatic heterocycles. The molecular formula is C17H24N4O. The van der Waals surface area contributed by atoms with Crippen molar-refractivity contribution in [2.24, 2.45) is 5.73 Å². The van der Waals surface area contributed by atoms with Crippen LogP contribution in [0, 0.1) is 0 Å². The van der Waals surface area contributed by atoms with Gasteiger partial charge in [-0.05, 0) is 29.9 Å². The molecule has 2 aromatic rings. The van der Waals surface area contributed by atoms with E-state index in [4.69, 9.17) is 10.5 Å². The third-order valence-corrected chi connectivity index (χ3v) is 4.25. The highest BCUT2D eigenvalue weighted by Crippen LogP contribution is 2.30. The highest BCUT2D eigenvalue weighted by Gasteiger charge is 2.26.